The highest BCUT2D eigenvalue weighted by molar-refractivity contribution is 5.79. The summed E-state index contributed by atoms with van der Waals surface area (Å²) in [5.74, 6) is 0. The highest BCUT2D eigenvalue weighted by atomic mass is 15.2. The molecule has 0 amide bonds. The maximum Gasteiger partial charge on any atom is 0.0701 e. The molecule has 0 saturated carbocycles. The van der Waals surface area contributed by atoms with E-state index in [2.05, 4.69) is 48.5 Å². The average molecular weight is 254 g/mol. The number of anilines is 1. The largest absolute Gasteiger partial charge is 0.369 e. The van der Waals surface area contributed by atoms with Crippen LogP contribution in [-0.2, 0) is 6.42 Å². The summed E-state index contributed by atoms with van der Waals surface area (Å²) in [5.41, 5.74) is 5.00. The Morgan fingerprint density at radius 3 is 2.84 bits per heavy atom. The molecule has 1 aliphatic heterocycles. The topological polar surface area (TPSA) is 15.6 Å². The van der Waals surface area contributed by atoms with Gasteiger partial charge in [-0.15, -0.1) is 0 Å². The fourth-order valence-corrected chi connectivity index (χ4v) is 2.69. The molecule has 0 unspecified atom stereocenters. The van der Waals surface area contributed by atoms with Crippen LogP contribution >= 0.6 is 0 Å². The van der Waals surface area contributed by atoms with Gasteiger partial charge in [-0.05, 0) is 44.9 Å². The van der Waals surface area contributed by atoms with Gasteiger partial charge in [0.1, 0.15) is 0 Å². The van der Waals surface area contributed by atoms with Crippen LogP contribution in [0.25, 0.3) is 5.70 Å². The molecule has 100 valence electrons. The first-order valence-corrected chi connectivity index (χ1v) is 6.89. The molecule has 0 aliphatic carbocycles. The molecule has 0 saturated heterocycles. The van der Waals surface area contributed by atoms with Crippen molar-refractivity contribution in [1.29, 1.82) is 0 Å². The van der Waals surface area contributed by atoms with Crippen molar-refractivity contribution in [3.05, 3.63) is 48.1 Å². The van der Waals surface area contributed by atoms with E-state index >= 15 is 0 Å². The zero-order chi connectivity index (χ0) is 13.8. The maximum atomic E-state index is 4.48. The molecule has 0 aromatic heterocycles. The summed E-state index contributed by atoms with van der Waals surface area (Å²) in [6.45, 7) is 11.3. The van der Waals surface area contributed by atoms with E-state index in [1.165, 1.54) is 16.8 Å². The molecule has 0 bridgehead atoms. The highest BCUT2D eigenvalue weighted by Crippen LogP contribution is 2.35. The second-order valence-electron chi connectivity index (χ2n) is 5.02. The summed E-state index contributed by atoms with van der Waals surface area (Å²) in [5, 5.41) is 0. The van der Waals surface area contributed by atoms with Crippen molar-refractivity contribution in [2.75, 3.05) is 11.4 Å². The Morgan fingerprint density at radius 2 is 2.21 bits per heavy atom. The summed E-state index contributed by atoms with van der Waals surface area (Å²) in [6, 6.07) is 7.03. The standard InChI is InChI=1S/C17H22N2/c1-5-8-16(18-6-2)14-9-7-10-17-15(14)11-12-19(17)13(3)4/h5-10,13H,1,11-12H2,2-4H3/b16-8-,18-6?. The van der Waals surface area contributed by atoms with E-state index in [1.807, 2.05) is 19.2 Å². The van der Waals surface area contributed by atoms with Crippen molar-refractivity contribution >= 4 is 17.6 Å². The predicted molar refractivity (Wildman–Crippen MR) is 85.0 cm³/mol. The van der Waals surface area contributed by atoms with Crippen molar-refractivity contribution in [1.82, 2.24) is 0 Å². The van der Waals surface area contributed by atoms with Gasteiger partial charge < -0.3 is 4.90 Å². The van der Waals surface area contributed by atoms with Crippen LogP contribution in [0.15, 0.2) is 41.9 Å². The Morgan fingerprint density at radius 1 is 1.42 bits per heavy atom. The van der Waals surface area contributed by atoms with E-state index in [0.29, 0.717) is 6.04 Å². The molecule has 0 radical (unpaired) electrons. The van der Waals surface area contributed by atoms with E-state index in [4.69, 9.17) is 0 Å². The molecule has 0 N–H and O–H groups in total. The molecular weight excluding hydrogens is 232 g/mol. The molecule has 2 nitrogen and oxygen atoms in total. The van der Waals surface area contributed by atoms with Gasteiger partial charge in [0.25, 0.3) is 0 Å². The zero-order valence-electron chi connectivity index (χ0n) is 12.1. The lowest BCUT2D eigenvalue weighted by Gasteiger charge is -2.24. The number of hydrogen-bond donors (Lipinski definition) is 0. The van der Waals surface area contributed by atoms with Crippen molar-refractivity contribution in [2.45, 2.75) is 33.2 Å². The van der Waals surface area contributed by atoms with Gasteiger partial charge in [0.2, 0.25) is 0 Å². The average Bonchev–Trinajstić information content (AvgIpc) is 2.82. The SMILES string of the molecule is C=C/C=C(\N=CC)c1cccc2c1CCN2C(C)C. The van der Waals surface area contributed by atoms with Gasteiger partial charge in [-0.2, -0.15) is 0 Å². The monoisotopic (exact) mass is 254 g/mol. The van der Waals surface area contributed by atoms with Gasteiger partial charge in [0.05, 0.1) is 5.70 Å². The molecule has 1 aromatic rings. The zero-order valence-corrected chi connectivity index (χ0v) is 12.1. The number of benzene rings is 1. The minimum atomic E-state index is 0.540. The van der Waals surface area contributed by atoms with Crippen molar-refractivity contribution in [2.24, 2.45) is 4.99 Å². The summed E-state index contributed by atoms with van der Waals surface area (Å²) < 4.78 is 0. The number of hydrogen-bond acceptors (Lipinski definition) is 2. The summed E-state index contributed by atoms with van der Waals surface area (Å²) in [7, 11) is 0. The second-order valence-corrected chi connectivity index (χ2v) is 5.02. The fraction of sp³-hybridized carbons (Fsp3) is 0.353. The van der Waals surface area contributed by atoms with Crippen LogP contribution in [0.1, 0.15) is 31.9 Å². The van der Waals surface area contributed by atoms with E-state index in [1.54, 1.807) is 6.08 Å². The first kappa shape index (κ1) is 13.6. The molecule has 0 fully saturated rings. The summed E-state index contributed by atoms with van der Waals surface area (Å²) >= 11 is 0. The smallest absolute Gasteiger partial charge is 0.0701 e. The lowest BCUT2D eigenvalue weighted by molar-refractivity contribution is 0.710. The van der Waals surface area contributed by atoms with Crippen molar-refractivity contribution < 1.29 is 0 Å². The third kappa shape index (κ3) is 2.62. The van der Waals surface area contributed by atoms with Crippen LogP contribution in [0, 0.1) is 0 Å². The molecule has 2 heteroatoms. The Labute approximate surface area is 116 Å². The Bertz CT molecular complexity index is 524. The lowest BCUT2D eigenvalue weighted by Crippen LogP contribution is -2.28. The Hall–Kier alpha value is -1.83. The summed E-state index contributed by atoms with van der Waals surface area (Å²) in [4.78, 5) is 6.94. The first-order valence-electron chi connectivity index (χ1n) is 6.89. The number of nitrogens with zero attached hydrogens (tertiary/aromatic N) is 2. The van der Waals surface area contributed by atoms with E-state index in [0.717, 1.165) is 18.7 Å². The van der Waals surface area contributed by atoms with Crippen LogP contribution in [0.4, 0.5) is 5.69 Å². The Balaban J connectivity index is 2.50. The maximum absolute atomic E-state index is 4.48. The minimum absolute atomic E-state index is 0.540. The highest BCUT2D eigenvalue weighted by Gasteiger charge is 2.24. The fourth-order valence-electron chi connectivity index (χ4n) is 2.69. The van der Waals surface area contributed by atoms with Gasteiger partial charge in [-0.1, -0.05) is 24.8 Å². The van der Waals surface area contributed by atoms with Gasteiger partial charge in [-0.3, -0.25) is 4.99 Å². The van der Waals surface area contributed by atoms with Gasteiger partial charge in [0.15, 0.2) is 0 Å². The molecule has 2 rings (SSSR count). The molecule has 1 aliphatic rings. The van der Waals surface area contributed by atoms with Crippen LogP contribution in [0.5, 0.6) is 0 Å². The number of rotatable bonds is 4. The molecule has 1 heterocycles. The molecule has 19 heavy (non-hydrogen) atoms. The van der Waals surface area contributed by atoms with E-state index in [-0.39, 0.29) is 0 Å². The van der Waals surface area contributed by atoms with E-state index in [9.17, 15) is 0 Å². The van der Waals surface area contributed by atoms with Crippen LogP contribution in [0.2, 0.25) is 0 Å². The van der Waals surface area contributed by atoms with Crippen molar-refractivity contribution in [3.8, 4) is 0 Å². The molecule has 0 atom stereocenters. The van der Waals surface area contributed by atoms with Crippen LogP contribution in [-0.4, -0.2) is 18.8 Å². The number of aliphatic imine (C=N–C) groups is 1. The van der Waals surface area contributed by atoms with Gasteiger partial charge in [-0.25, -0.2) is 0 Å². The lowest BCUT2D eigenvalue weighted by atomic mass is 10.0. The molecule has 1 aromatic carbocycles. The predicted octanol–water partition coefficient (Wildman–Crippen LogP) is 4.08. The van der Waals surface area contributed by atoms with Crippen LogP contribution in [0.3, 0.4) is 0 Å². The third-order valence-corrected chi connectivity index (χ3v) is 3.51. The van der Waals surface area contributed by atoms with Crippen LogP contribution < -0.4 is 4.90 Å². The van der Waals surface area contributed by atoms with Crippen molar-refractivity contribution in [3.63, 3.8) is 0 Å². The van der Waals surface area contributed by atoms with E-state index < -0.39 is 0 Å². The molecule has 0 spiro atoms. The number of allylic oxidation sites excluding steroid dienone is 2. The Kier molecular flexibility index (Phi) is 4.20. The third-order valence-electron chi connectivity index (χ3n) is 3.51. The summed E-state index contributed by atoms with van der Waals surface area (Å²) in [6.07, 6.45) is 6.71. The van der Waals surface area contributed by atoms with Gasteiger partial charge >= 0.3 is 0 Å². The quantitative estimate of drug-likeness (QED) is 0.584. The second kappa shape index (κ2) is 5.87. The van der Waals surface area contributed by atoms with Gasteiger partial charge in [0, 0.05) is 30.1 Å². The first-order chi connectivity index (χ1) is 9.19. The molecular formula is C17H22N2. The minimum Gasteiger partial charge on any atom is -0.369 e. The normalized spacial score (nSPS) is 15.4. The number of fused-ring (bicyclic) bond motifs is 1.